The summed E-state index contributed by atoms with van der Waals surface area (Å²) in [6, 6.07) is 6.41. The molecule has 7 nitrogen and oxygen atoms in total. The highest BCUT2D eigenvalue weighted by Gasteiger charge is 2.35. The largest absolute Gasteiger partial charge is 0.493 e. The van der Waals surface area contributed by atoms with Crippen molar-refractivity contribution in [2.75, 3.05) is 45.3 Å². The summed E-state index contributed by atoms with van der Waals surface area (Å²) in [5.41, 5.74) is 1.62. The number of benzene rings is 2. The lowest BCUT2D eigenvalue weighted by atomic mass is 10.1. The maximum atomic E-state index is 14.6. The summed E-state index contributed by atoms with van der Waals surface area (Å²) in [7, 11) is -1.12. The fourth-order valence-electron chi connectivity index (χ4n) is 3.56. The molecule has 4 rings (SSSR count). The lowest BCUT2D eigenvalue weighted by Crippen LogP contribution is -2.48. The van der Waals surface area contributed by atoms with Crippen LogP contribution >= 0.6 is 43.2 Å². The molecule has 3 aromatic rings. The molecule has 2 aromatic carbocycles. The average Bonchev–Trinajstić information content (AvgIpc) is 3.33. The average molecular weight is 639 g/mol. The van der Waals surface area contributed by atoms with Gasteiger partial charge in [-0.25, -0.2) is 22.2 Å². The number of ether oxygens (including phenoxy) is 2. The summed E-state index contributed by atoms with van der Waals surface area (Å²) in [6.07, 6.45) is 0. The quantitative estimate of drug-likeness (QED) is 0.348. The number of rotatable bonds is 6. The first kappa shape index (κ1) is 25.3. The minimum Gasteiger partial charge on any atom is -0.493 e. The summed E-state index contributed by atoms with van der Waals surface area (Å²) in [5.74, 6) is -0.686. The van der Waals surface area contributed by atoms with E-state index in [0.29, 0.717) is 24.6 Å². The SMILES string of the molecule is COc1ccc(-c2csc(N3CCN(S(=O)(=O)c4c(F)c(Br)cc(F)c4Br)CC3)n2)cc1OC. The zero-order chi connectivity index (χ0) is 24.6. The molecule has 0 spiro atoms. The van der Waals surface area contributed by atoms with Crippen LogP contribution in [-0.4, -0.2) is 58.1 Å². The standard InChI is InChI=1S/C21H19Br2F2N3O4S2/c1-31-16-4-3-12(9-17(16)32-2)15-11-33-21(26-15)27-5-7-28(8-6-27)34(29,30)20-18(23)14(24)10-13(22)19(20)25/h3-4,9-11H,5-8H2,1-2H3. The van der Waals surface area contributed by atoms with Gasteiger partial charge in [0.05, 0.1) is 28.9 Å². The molecular weight excluding hydrogens is 620 g/mol. The van der Waals surface area contributed by atoms with Gasteiger partial charge >= 0.3 is 0 Å². The molecule has 0 saturated carbocycles. The number of nitrogens with zero attached hydrogens (tertiary/aromatic N) is 3. The summed E-state index contributed by atoms with van der Waals surface area (Å²) < 4.78 is 66.0. The normalized spacial score (nSPS) is 14.9. The van der Waals surface area contributed by atoms with Gasteiger partial charge in [0.15, 0.2) is 22.4 Å². The zero-order valence-electron chi connectivity index (χ0n) is 18.0. The molecule has 0 aliphatic carbocycles. The molecule has 182 valence electrons. The van der Waals surface area contributed by atoms with Crippen LogP contribution in [0.2, 0.25) is 0 Å². The lowest BCUT2D eigenvalue weighted by molar-refractivity contribution is 0.355. The monoisotopic (exact) mass is 637 g/mol. The molecule has 1 fully saturated rings. The van der Waals surface area contributed by atoms with Gasteiger partial charge in [0.1, 0.15) is 10.7 Å². The summed E-state index contributed by atoms with van der Waals surface area (Å²) >= 11 is 7.20. The van der Waals surface area contributed by atoms with Gasteiger partial charge in [-0.2, -0.15) is 4.31 Å². The third-order valence-corrected chi connectivity index (χ3v) is 9.81. The Hall–Kier alpha value is -1.80. The number of halogens is 4. The number of piperazine rings is 1. The van der Waals surface area contributed by atoms with Gasteiger partial charge in [-0.05, 0) is 56.1 Å². The van der Waals surface area contributed by atoms with Crippen LogP contribution in [-0.2, 0) is 10.0 Å². The maximum Gasteiger partial charge on any atom is 0.247 e. The van der Waals surface area contributed by atoms with Crippen LogP contribution in [0.4, 0.5) is 13.9 Å². The first-order chi connectivity index (χ1) is 16.2. The second-order valence-corrected chi connectivity index (χ2v) is 11.6. The highest BCUT2D eigenvalue weighted by Crippen LogP contribution is 2.36. The smallest absolute Gasteiger partial charge is 0.247 e. The van der Waals surface area contributed by atoms with Gasteiger partial charge in [-0.1, -0.05) is 0 Å². The Balaban J connectivity index is 1.51. The van der Waals surface area contributed by atoms with Crippen molar-refractivity contribution in [1.29, 1.82) is 0 Å². The Kier molecular flexibility index (Phi) is 7.48. The number of anilines is 1. The van der Waals surface area contributed by atoms with Gasteiger partial charge in [0.25, 0.3) is 0 Å². The van der Waals surface area contributed by atoms with Gasteiger partial charge in [0.2, 0.25) is 10.0 Å². The number of thiazole rings is 1. The number of hydrogen-bond donors (Lipinski definition) is 0. The minimum atomic E-state index is -4.25. The fourth-order valence-corrected chi connectivity index (χ4v) is 7.45. The topological polar surface area (TPSA) is 72.0 Å². The molecule has 1 saturated heterocycles. The van der Waals surface area contributed by atoms with Crippen LogP contribution < -0.4 is 14.4 Å². The third kappa shape index (κ3) is 4.68. The minimum absolute atomic E-state index is 0.105. The van der Waals surface area contributed by atoms with Gasteiger partial charge < -0.3 is 14.4 Å². The van der Waals surface area contributed by atoms with Gasteiger partial charge in [-0.3, -0.25) is 0 Å². The molecule has 0 amide bonds. The van der Waals surface area contributed by atoms with E-state index in [4.69, 9.17) is 9.47 Å². The fraction of sp³-hybridized carbons (Fsp3) is 0.286. The lowest BCUT2D eigenvalue weighted by Gasteiger charge is -2.34. The Labute approximate surface area is 216 Å². The highest BCUT2D eigenvalue weighted by atomic mass is 79.9. The third-order valence-electron chi connectivity index (χ3n) is 5.35. The first-order valence-electron chi connectivity index (χ1n) is 9.93. The van der Waals surface area contributed by atoms with Crippen LogP contribution in [0.15, 0.2) is 43.5 Å². The molecule has 0 radical (unpaired) electrons. The zero-order valence-corrected chi connectivity index (χ0v) is 22.8. The number of hydrogen-bond acceptors (Lipinski definition) is 7. The van der Waals surface area contributed by atoms with E-state index >= 15 is 0 Å². The predicted molar refractivity (Wildman–Crippen MR) is 133 cm³/mol. The maximum absolute atomic E-state index is 14.6. The molecular formula is C21H19Br2F2N3O4S2. The van der Waals surface area contributed by atoms with E-state index in [-0.39, 0.29) is 17.6 Å². The van der Waals surface area contributed by atoms with Crippen LogP contribution in [0.5, 0.6) is 11.5 Å². The van der Waals surface area contributed by atoms with E-state index in [1.807, 2.05) is 22.4 Å². The van der Waals surface area contributed by atoms with E-state index in [9.17, 15) is 17.2 Å². The van der Waals surface area contributed by atoms with E-state index in [2.05, 4.69) is 36.8 Å². The number of methoxy groups -OCH3 is 2. The van der Waals surface area contributed by atoms with E-state index in [0.717, 1.165) is 26.8 Å². The molecule has 0 bridgehead atoms. The Morgan fingerprint density at radius 1 is 1.03 bits per heavy atom. The van der Waals surface area contributed by atoms with Crippen molar-refractivity contribution in [3.63, 3.8) is 0 Å². The molecule has 0 atom stereocenters. The van der Waals surface area contributed by atoms with Crippen LogP contribution in [0.1, 0.15) is 0 Å². The molecule has 0 N–H and O–H groups in total. The number of aromatic nitrogens is 1. The molecule has 0 unspecified atom stereocenters. The second kappa shape index (κ2) is 10.1. The van der Waals surface area contributed by atoms with Gasteiger partial charge in [-0.15, -0.1) is 11.3 Å². The highest BCUT2D eigenvalue weighted by molar-refractivity contribution is 9.11. The van der Waals surface area contributed by atoms with Crippen LogP contribution in [0, 0.1) is 11.6 Å². The van der Waals surface area contributed by atoms with Crippen molar-refractivity contribution in [3.8, 4) is 22.8 Å². The summed E-state index contributed by atoms with van der Waals surface area (Å²) in [5, 5.41) is 2.65. The molecule has 2 heterocycles. The Bertz CT molecular complexity index is 1300. The molecule has 13 heteroatoms. The van der Waals surface area contributed by atoms with Crippen molar-refractivity contribution >= 4 is 58.4 Å². The van der Waals surface area contributed by atoms with E-state index < -0.39 is 31.0 Å². The summed E-state index contributed by atoms with van der Waals surface area (Å²) in [4.78, 5) is 5.94. The number of sulfonamides is 1. The molecule has 1 aliphatic rings. The van der Waals surface area contributed by atoms with Gasteiger partial charge in [0, 0.05) is 37.1 Å². The van der Waals surface area contributed by atoms with Crippen LogP contribution in [0.25, 0.3) is 11.3 Å². The van der Waals surface area contributed by atoms with E-state index in [1.165, 1.54) is 11.3 Å². The van der Waals surface area contributed by atoms with Crippen molar-refractivity contribution < 1.29 is 26.7 Å². The molecule has 34 heavy (non-hydrogen) atoms. The molecule has 1 aliphatic heterocycles. The van der Waals surface area contributed by atoms with Crippen molar-refractivity contribution in [1.82, 2.24) is 9.29 Å². The van der Waals surface area contributed by atoms with Crippen molar-refractivity contribution in [2.24, 2.45) is 0 Å². The van der Waals surface area contributed by atoms with E-state index in [1.54, 1.807) is 20.3 Å². The molecule has 1 aromatic heterocycles. The summed E-state index contributed by atoms with van der Waals surface area (Å²) in [6.45, 7) is 0.920. The predicted octanol–water partition coefficient (Wildman–Crippen LogP) is 5.14. The van der Waals surface area contributed by atoms with Crippen molar-refractivity contribution in [2.45, 2.75) is 4.90 Å². The Morgan fingerprint density at radius 2 is 1.71 bits per heavy atom. The first-order valence-corrected chi connectivity index (χ1v) is 13.8. The van der Waals surface area contributed by atoms with Crippen molar-refractivity contribution in [3.05, 3.63) is 50.2 Å². The second-order valence-electron chi connectivity index (χ2n) is 7.27. The van der Waals surface area contributed by atoms with Crippen LogP contribution in [0.3, 0.4) is 0 Å². The Morgan fingerprint density at radius 3 is 2.35 bits per heavy atom.